The number of nitrogens with zero attached hydrogens (tertiary/aromatic N) is 3. The van der Waals surface area contributed by atoms with E-state index < -0.39 is 0 Å². The summed E-state index contributed by atoms with van der Waals surface area (Å²) in [5.74, 6) is 1.03. The minimum Gasteiger partial charge on any atom is -0.337 e. The van der Waals surface area contributed by atoms with Gasteiger partial charge in [-0.1, -0.05) is 28.9 Å². The summed E-state index contributed by atoms with van der Waals surface area (Å²) < 4.78 is 5.27. The predicted octanol–water partition coefficient (Wildman–Crippen LogP) is 4.25. The van der Waals surface area contributed by atoms with E-state index in [0.29, 0.717) is 18.3 Å². The second-order valence-corrected chi connectivity index (χ2v) is 8.12. The first-order chi connectivity index (χ1) is 12.0. The number of aryl methyl sites for hydroxylation is 1. The molecule has 1 atom stereocenters. The molecule has 0 aliphatic rings. The maximum atomic E-state index is 12.6. The predicted molar refractivity (Wildman–Crippen MR) is 101 cm³/mol. The molecule has 0 unspecified atom stereocenters. The summed E-state index contributed by atoms with van der Waals surface area (Å²) in [7, 11) is 1.75. The molecule has 25 heavy (non-hydrogen) atoms. The zero-order valence-corrected chi connectivity index (χ0v) is 15.9. The minimum absolute atomic E-state index is 0.0291. The lowest BCUT2D eigenvalue weighted by molar-refractivity contribution is -0.129. The number of carbonyl (C=O) groups excluding carboxylic acids is 1. The molecule has 0 aliphatic heterocycles. The molecule has 1 amide bonds. The van der Waals surface area contributed by atoms with E-state index in [2.05, 4.69) is 10.1 Å². The van der Waals surface area contributed by atoms with Crippen molar-refractivity contribution in [3.05, 3.63) is 53.2 Å². The molecule has 0 radical (unpaired) electrons. The standard InChI is InChI=1S/C18H19N3O2S2/c1-12-6-8-14(9-7-12)25-13(2)18(22)21(3)11-16-19-17(20-23-16)15-5-4-10-24-15/h4-10,13H,11H2,1-3H3/t13-/m0/s1. The lowest BCUT2D eigenvalue weighted by atomic mass is 10.2. The third kappa shape index (κ3) is 4.49. The van der Waals surface area contributed by atoms with E-state index >= 15 is 0 Å². The summed E-state index contributed by atoms with van der Waals surface area (Å²) in [6.45, 7) is 4.26. The van der Waals surface area contributed by atoms with Gasteiger partial charge in [-0.3, -0.25) is 4.79 Å². The Morgan fingerprint density at radius 3 is 2.76 bits per heavy atom. The van der Waals surface area contributed by atoms with Crippen LogP contribution < -0.4 is 0 Å². The van der Waals surface area contributed by atoms with E-state index in [9.17, 15) is 4.79 Å². The van der Waals surface area contributed by atoms with Crippen LogP contribution in [0.15, 0.2) is 51.2 Å². The van der Waals surface area contributed by atoms with Crippen molar-refractivity contribution in [3.63, 3.8) is 0 Å². The topological polar surface area (TPSA) is 59.2 Å². The highest BCUT2D eigenvalue weighted by molar-refractivity contribution is 8.00. The molecule has 0 saturated heterocycles. The second-order valence-electron chi connectivity index (χ2n) is 5.76. The molecule has 7 heteroatoms. The molecule has 0 bridgehead atoms. The molecule has 0 fully saturated rings. The Kier molecular flexibility index (Phi) is 5.55. The van der Waals surface area contributed by atoms with Gasteiger partial charge in [-0.15, -0.1) is 23.1 Å². The Bertz CT molecular complexity index is 828. The van der Waals surface area contributed by atoms with Crippen LogP contribution in [0.4, 0.5) is 0 Å². The number of hydrogen-bond donors (Lipinski definition) is 0. The lowest BCUT2D eigenvalue weighted by Crippen LogP contribution is -2.32. The number of carbonyl (C=O) groups is 1. The zero-order chi connectivity index (χ0) is 17.8. The van der Waals surface area contributed by atoms with Crippen LogP contribution in [0.5, 0.6) is 0 Å². The van der Waals surface area contributed by atoms with Crippen molar-refractivity contribution in [2.24, 2.45) is 0 Å². The van der Waals surface area contributed by atoms with Crippen molar-refractivity contribution in [1.82, 2.24) is 15.0 Å². The molecule has 2 aromatic heterocycles. The van der Waals surface area contributed by atoms with Crippen molar-refractivity contribution in [2.45, 2.75) is 30.5 Å². The molecular formula is C18H19N3O2S2. The molecule has 0 saturated carbocycles. The van der Waals surface area contributed by atoms with E-state index in [1.165, 1.54) is 5.56 Å². The van der Waals surface area contributed by atoms with Crippen LogP contribution in [0.25, 0.3) is 10.7 Å². The fraction of sp³-hybridized carbons (Fsp3) is 0.278. The van der Waals surface area contributed by atoms with Crippen LogP contribution in [-0.2, 0) is 11.3 Å². The lowest BCUT2D eigenvalue weighted by Gasteiger charge is -2.19. The third-order valence-electron chi connectivity index (χ3n) is 3.64. The maximum Gasteiger partial charge on any atom is 0.246 e. The SMILES string of the molecule is Cc1ccc(S[C@@H](C)C(=O)N(C)Cc2nc(-c3cccs3)no2)cc1. The first kappa shape index (κ1) is 17.7. The van der Waals surface area contributed by atoms with Crippen LogP contribution in [-0.4, -0.2) is 33.2 Å². The van der Waals surface area contributed by atoms with Crippen molar-refractivity contribution >= 4 is 29.0 Å². The van der Waals surface area contributed by atoms with Gasteiger partial charge in [-0.2, -0.15) is 4.98 Å². The molecule has 5 nitrogen and oxygen atoms in total. The molecule has 3 rings (SSSR count). The average molecular weight is 374 g/mol. The molecule has 0 aliphatic carbocycles. The minimum atomic E-state index is -0.188. The summed E-state index contributed by atoms with van der Waals surface area (Å²) in [5.41, 5.74) is 1.21. The highest BCUT2D eigenvalue weighted by Crippen LogP contribution is 2.25. The molecule has 0 spiro atoms. The summed E-state index contributed by atoms with van der Waals surface area (Å²) in [4.78, 5) is 20.6. The van der Waals surface area contributed by atoms with Crippen LogP contribution in [0.3, 0.4) is 0 Å². The Labute approximate surface area is 155 Å². The smallest absolute Gasteiger partial charge is 0.246 e. The fourth-order valence-electron chi connectivity index (χ4n) is 2.29. The van der Waals surface area contributed by atoms with Crippen molar-refractivity contribution < 1.29 is 9.32 Å². The number of aromatic nitrogens is 2. The van der Waals surface area contributed by atoms with Crippen LogP contribution in [0.2, 0.25) is 0 Å². The van der Waals surface area contributed by atoms with Gasteiger partial charge in [0.1, 0.15) is 0 Å². The second kappa shape index (κ2) is 7.84. The van der Waals surface area contributed by atoms with E-state index in [0.717, 1.165) is 9.77 Å². The highest BCUT2D eigenvalue weighted by atomic mass is 32.2. The number of amides is 1. The Balaban J connectivity index is 1.59. The third-order valence-corrected chi connectivity index (χ3v) is 5.61. The van der Waals surface area contributed by atoms with E-state index in [-0.39, 0.29) is 11.2 Å². The van der Waals surface area contributed by atoms with E-state index in [4.69, 9.17) is 4.52 Å². The van der Waals surface area contributed by atoms with Gasteiger partial charge in [0.15, 0.2) is 0 Å². The number of thiophene rings is 1. The largest absolute Gasteiger partial charge is 0.337 e. The fourth-order valence-corrected chi connectivity index (χ4v) is 3.92. The Hall–Kier alpha value is -2.12. The summed E-state index contributed by atoms with van der Waals surface area (Å²) in [6.07, 6.45) is 0. The summed E-state index contributed by atoms with van der Waals surface area (Å²) >= 11 is 3.10. The maximum absolute atomic E-state index is 12.6. The monoisotopic (exact) mass is 373 g/mol. The van der Waals surface area contributed by atoms with Gasteiger partial charge >= 0.3 is 0 Å². The van der Waals surface area contributed by atoms with Gasteiger partial charge in [0.25, 0.3) is 0 Å². The Morgan fingerprint density at radius 2 is 2.08 bits per heavy atom. The van der Waals surface area contributed by atoms with Gasteiger partial charge < -0.3 is 9.42 Å². The van der Waals surface area contributed by atoms with Gasteiger partial charge in [-0.25, -0.2) is 0 Å². The van der Waals surface area contributed by atoms with E-state index in [1.54, 1.807) is 35.0 Å². The normalized spacial score (nSPS) is 12.1. The number of thioether (sulfide) groups is 1. The van der Waals surface area contributed by atoms with Crippen LogP contribution >= 0.6 is 23.1 Å². The molecule has 130 valence electrons. The van der Waals surface area contributed by atoms with Crippen LogP contribution in [0, 0.1) is 6.92 Å². The first-order valence-electron chi connectivity index (χ1n) is 7.87. The van der Waals surface area contributed by atoms with E-state index in [1.807, 2.05) is 55.6 Å². The number of hydrogen-bond acceptors (Lipinski definition) is 6. The molecule has 3 aromatic rings. The van der Waals surface area contributed by atoms with Crippen LogP contribution in [0.1, 0.15) is 18.4 Å². The quantitative estimate of drug-likeness (QED) is 0.605. The summed E-state index contributed by atoms with van der Waals surface area (Å²) in [6, 6.07) is 12.1. The first-order valence-corrected chi connectivity index (χ1v) is 9.63. The molecule has 0 N–H and O–H groups in total. The molecule has 2 heterocycles. The Morgan fingerprint density at radius 1 is 1.32 bits per heavy atom. The van der Waals surface area contributed by atoms with Crippen molar-refractivity contribution in [1.29, 1.82) is 0 Å². The molecule has 1 aromatic carbocycles. The van der Waals surface area contributed by atoms with Gasteiger partial charge in [0.05, 0.1) is 16.7 Å². The van der Waals surface area contributed by atoms with Crippen molar-refractivity contribution in [3.8, 4) is 10.7 Å². The zero-order valence-electron chi connectivity index (χ0n) is 14.3. The summed E-state index contributed by atoms with van der Waals surface area (Å²) in [5, 5.41) is 5.75. The molecular weight excluding hydrogens is 354 g/mol. The van der Waals surface area contributed by atoms with Gasteiger partial charge in [-0.05, 0) is 37.4 Å². The number of rotatable bonds is 6. The highest BCUT2D eigenvalue weighted by Gasteiger charge is 2.21. The van der Waals surface area contributed by atoms with Gasteiger partial charge in [0, 0.05) is 11.9 Å². The van der Waals surface area contributed by atoms with Crippen molar-refractivity contribution in [2.75, 3.05) is 7.05 Å². The number of benzene rings is 1. The van der Waals surface area contributed by atoms with Gasteiger partial charge in [0.2, 0.25) is 17.6 Å². The average Bonchev–Trinajstić information content (AvgIpc) is 3.27.